The molecule has 1 saturated heterocycles. The maximum absolute atomic E-state index is 5.72. The van der Waals surface area contributed by atoms with E-state index in [0.29, 0.717) is 12.0 Å². The van der Waals surface area contributed by atoms with Gasteiger partial charge in [-0.2, -0.15) is 0 Å². The predicted molar refractivity (Wildman–Crippen MR) is 86.3 cm³/mol. The van der Waals surface area contributed by atoms with Crippen molar-refractivity contribution in [1.29, 1.82) is 0 Å². The second-order valence-electron chi connectivity index (χ2n) is 5.85. The molecule has 1 aliphatic rings. The lowest BCUT2D eigenvalue weighted by Crippen LogP contribution is -2.34. The van der Waals surface area contributed by atoms with Gasteiger partial charge in [-0.25, -0.2) is 0 Å². The zero-order chi connectivity index (χ0) is 14.5. The van der Waals surface area contributed by atoms with Crippen LogP contribution in [0.1, 0.15) is 37.8 Å². The van der Waals surface area contributed by atoms with E-state index in [9.17, 15) is 0 Å². The van der Waals surface area contributed by atoms with Crippen LogP contribution in [0.15, 0.2) is 36.7 Å². The fraction of sp³-hybridized carbons (Fsp3) is 0.500. The van der Waals surface area contributed by atoms with Gasteiger partial charge in [-0.15, -0.1) is 0 Å². The van der Waals surface area contributed by atoms with Crippen molar-refractivity contribution in [3.05, 3.63) is 42.2 Å². The Hall–Kier alpha value is -1.45. The van der Waals surface area contributed by atoms with E-state index in [-0.39, 0.29) is 0 Å². The van der Waals surface area contributed by atoms with Gasteiger partial charge < -0.3 is 10.1 Å². The Morgan fingerprint density at radius 3 is 3.14 bits per heavy atom. The molecule has 1 fully saturated rings. The number of rotatable bonds is 5. The molecular formula is C18H24N2O. The first kappa shape index (κ1) is 14.5. The molecular weight excluding hydrogens is 260 g/mol. The molecule has 0 saturated carbocycles. The Kier molecular flexibility index (Phi) is 4.84. The van der Waals surface area contributed by atoms with E-state index in [1.807, 2.05) is 12.4 Å². The molecule has 1 aliphatic heterocycles. The summed E-state index contributed by atoms with van der Waals surface area (Å²) in [6.07, 6.45) is 7.41. The smallest absolute Gasteiger partial charge is 0.0512 e. The summed E-state index contributed by atoms with van der Waals surface area (Å²) in [7, 11) is 0. The highest BCUT2D eigenvalue weighted by Crippen LogP contribution is 2.32. The average Bonchev–Trinajstić information content (AvgIpc) is 2.56. The second kappa shape index (κ2) is 7.01. The number of benzene rings is 1. The molecule has 2 heterocycles. The lowest BCUT2D eigenvalue weighted by Gasteiger charge is -2.32. The minimum atomic E-state index is 0.359. The maximum atomic E-state index is 5.72. The number of nitrogens with zero attached hydrogens (tertiary/aromatic N) is 1. The zero-order valence-corrected chi connectivity index (χ0v) is 12.7. The van der Waals surface area contributed by atoms with Crippen molar-refractivity contribution in [2.75, 3.05) is 19.8 Å². The van der Waals surface area contributed by atoms with Gasteiger partial charge in [-0.3, -0.25) is 4.98 Å². The molecule has 1 aromatic carbocycles. The molecule has 0 spiro atoms. The van der Waals surface area contributed by atoms with E-state index >= 15 is 0 Å². The summed E-state index contributed by atoms with van der Waals surface area (Å²) in [6, 6.07) is 9.01. The Labute approximate surface area is 126 Å². The maximum Gasteiger partial charge on any atom is 0.0512 e. The molecule has 0 bridgehead atoms. The van der Waals surface area contributed by atoms with E-state index in [4.69, 9.17) is 4.74 Å². The summed E-state index contributed by atoms with van der Waals surface area (Å²) in [5.74, 6) is 0.552. The predicted octanol–water partition coefficient (Wildman–Crippen LogP) is 3.70. The topological polar surface area (TPSA) is 34.2 Å². The van der Waals surface area contributed by atoms with Crippen LogP contribution < -0.4 is 5.32 Å². The van der Waals surface area contributed by atoms with Crippen molar-refractivity contribution >= 4 is 10.8 Å². The molecule has 112 valence electrons. The number of pyridine rings is 1. The van der Waals surface area contributed by atoms with Gasteiger partial charge in [0.25, 0.3) is 0 Å². The lowest BCUT2D eigenvalue weighted by molar-refractivity contribution is 0.0392. The van der Waals surface area contributed by atoms with Crippen molar-refractivity contribution in [1.82, 2.24) is 10.3 Å². The molecule has 1 N–H and O–H groups in total. The first-order valence-corrected chi connectivity index (χ1v) is 8.04. The third-order valence-corrected chi connectivity index (χ3v) is 4.33. The van der Waals surface area contributed by atoms with E-state index in [1.165, 1.54) is 22.8 Å². The minimum absolute atomic E-state index is 0.359. The molecule has 1 aromatic heterocycles. The van der Waals surface area contributed by atoms with Crippen LogP contribution in [0.4, 0.5) is 0 Å². The number of ether oxygens (including phenoxy) is 1. The molecule has 3 rings (SSSR count). The summed E-state index contributed by atoms with van der Waals surface area (Å²) >= 11 is 0. The number of nitrogens with one attached hydrogen (secondary N) is 1. The van der Waals surface area contributed by atoms with E-state index in [2.05, 4.69) is 41.5 Å². The molecule has 2 atom stereocenters. The monoisotopic (exact) mass is 284 g/mol. The Morgan fingerprint density at radius 2 is 2.33 bits per heavy atom. The largest absolute Gasteiger partial charge is 0.381 e. The van der Waals surface area contributed by atoms with Crippen LogP contribution >= 0.6 is 0 Å². The molecule has 0 amide bonds. The van der Waals surface area contributed by atoms with Crippen molar-refractivity contribution in [2.24, 2.45) is 5.92 Å². The average molecular weight is 284 g/mol. The van der Waals surface area contributed by atoms with E-state index in [0.717, 1.165) is 32.6 Å². The molecule has 21 heavy (non-hydrogen) atoms. The minimum Gasteiger partial charge on any atom is -0.381 e. The third kappa shape index (κ3) is 3.25. The first-order valence-electron chi connectivity index (χ1n) is 8.04. The standard InChI is InChI=1S/C18H24N2O/c1-2-9-20-18(15-6-4-11-21-13-15)16-7-3-5-14-8-10-19-12-17(14)16/h3,5,7-8,10,12,15,18,20H,2,4,6,9,11,13H2,1H3. The highest BCUT2D eigenvalue weighted by Gasteiger charge is 2.26. The SMILES string of the molecule is CCCNC(c1cccc2ccncc12)C1CCCOC1. The lowest BCUT2D eigenvalue weighted by atomic mass is 9.86. The van der Waals surface area contributed by atoms with Gasteiger partial charge in [0.15, 0.2) is 0 Å². The summed E-state index contributed by atoms with van der Waals surface area (Å²) in [5, 5.41) is 6.27. The van der Waals surface area contributed by atoms with Crippen LogP contribution in [0.25, 0.3) is 10.8 Å². The summed E-state index contributed by atoms with van der Waals surface area (Å²) in [5.41, 5.74) is 1.37. The fourth-order valence-corrected chi connectivity index (χ4v) is 3.27. The Morgan fingerprint density at radius 1 is 1.38 bits per heavy atom. The Bertz CT molecular complexity index is 573. The fourth-order valence-electron chi connectivity index (χ4n) is 3.27. The van der Waals surface area contributed by atoms with E-state index in [1.54, 1.807) is 0 Å². The molecule has 0 radical (unpaired) electrons. The highest BCUT2D eigenvalue weighted by molar-refractivity contribution is 5.85. The van der Waals surface area contributed by atoms with Crippen LogP contribution in [-0.4, -0.2) is 24.7 Å². The van der Waals surface area contributed by atoms with Crippen molar-refractivity contribution in [2.45, 2.75) is 32.2 Å². The third-order valence-electron chi connectivity index (χ3n) is 4.33. The van der Waals surface area contributed by atoms with Gasteiger partial charge in [0, 0.05) is 36.3 Å². The van der Waals surface area contributed by atoms with Crippen LogP contribution in [0.2, 0.25) is 0 Å². The van der Waals surface area contributed by atoms with Crippen LogP contribution in [0.3, 0.4) is 0 Å². The quantitative estimate of drug-likeness (QED) is 0.909. The molecule has 3 heteroatoms. The van der Waals surface area contributed by atoms with Crippen LogP contribution in [0, 0.1) is 5.92 Å². The summed E-state index contributed by atoms with van der Waals surface area (Å²) in [4.78, 5) is 4.32. The normalized spacial score (nSPS) is 20.5. The first-order chi connectivity index (χ1) is 10.4. The van der Waals surface area contributed by atoms with Gasteiger partial charge in [0.05, 0.1) is 6.61 Å². The molecule has 2 aromatic rings. The van der Waals surface area contributed by atoms with Crippen molar-refractivity contribution < 1.29 is 4.74 Å². The van der Waals surface area contributed by atoms with Crippen LogP contribution in [0.5, 0.6) is 0 Å². The number of aromatic nitrogens is 1. The van der Waals surface area contributed by atoms with Gasteiger partial charge in [-0.05, 0) is 42.8 Å². The van der Waals surface area contributed by atoms with Gasteiger partial charge in [0.2, 0.25) is 0 Å². The molecule has 3 nitrogen and oxygen atoms in total. The zero-order valence-electron chi connectivity index (χ0n) is 12.7. The molecule has 2 unspecified atom stereocenters. The molecule has 0 aliphatic carbocycles. The summed E-state index contributed by atoms with van der Waals surface area (Å²) < 4.78 is 5.72. The second-order valence-corrected chi connectivity index (χ2v) is 5.85. The Balaban J connectivity index is 1.96. The van der Waals surface area contributed by atoms with E-state index < -0.39 is 0 Å². The number of fused-ring (bicyclic) bond motifs is 1. The van der Waals surface area contributed by atoms with Gasteiger partial charge >= 0.3 is 0 Å². The van der Waals surface area contributed by atoms with Crippen molar-refractivity contribution in [3.63, 3.8) is 0 Å². The summed E-state index contributed by atoms with van der Waals surface area (Å²) in [6.45, 7) is 5.02. The number of hydrogen-bond acceptors (Lipinski definition) is 3. The highest BCUT2D eigenvalue weighted by atomic mass is 16.5. The van der Waals surface area contributed by atoms with Gasteiger partial charge in [0.1, 0.15) is 0 Å². The van der Waals surface area contributed by atoms with Gasteiger partial charge in [-0.1, -0.05) is 25.1 Å². The van der Waals surface area contributed by atoms with Crippen molar-refractivity contribution in [3.8, 4) is 0 Å². The van der Waals surface area contributed by atoms with Crippen LogP contribution in [-0.2, 0) is 4.74 Å². The number of hydrogen-bond donors (Lipinski definition) is 1.